The zero-order valence-electron chi connectivity index (χ0n) is 14.2. The van der Waals surface area contributed by atoms with Crippen LogP contribution in [0.3, 0.4) is 0 Å². The maximum Gasteiger partial charge on any atom is 0.323 e. The lowest BCUT2D eigenvalue weighted by Crippen LogP contribution is -2.52. The molecule has 0 amide bonds. The third-order valence-corrected chi connectivity index (χ3v) is 4.51. The quantitative estimate of drug-likeness (QED) is 0.717. The number of nitrogens with one attached hydrogen (secondary N) is 1. The lowest BCUT2D eigenvalue weighted by atomic mass is 9.93. The number of hydrogen-bond donors (Lipinski definition) is 2. The van der Waals surface area contributed by atoms with E-state index in [0.717, 1.165) is 32.5 Å². The van der Waals surface area contributed by atoms with Crippen LogP contribution in [0.5, 0.6) is 0 Å². The van der Waals surface area contributed by atoms with Crippen LogP contribution in [0.2, 0.25) is 0 Å². The van der Waals surface area contributed by atoms with Gasteiger partial charge in [0, 0.05) is 19.7 Å². The number of carboxylic acid groups (broad SMARTS) is 1. The summed E-state index contributed by atoms with van der Waals surface area (Å²) in [6, 6.07) is 0.166. The molecule has 0 aromatic heterocycles. The van der Waals surface area contributed by atoms with Crippen molar-refractivity contribution < 1.29 is 14.6 Å². The number of aliphatic carboxylic acids is 1. The van der Waals surface area contributed by atoms with Crippen molar-refractivity contribution in [2.45, 2.75) is 64.6 Å². The van der Waals surface area contributed by atoms with Gasteiger partial charge >= 0.3 is 5.97 Å². The summed E-state index contributed by atoms with van der Waals surface area (Å²) in [5.74, 6) is -0.156. The molecule has 3 atom stereocenters. The van der Waals surface area contributed by atoms with Crippen molar-refractivity contribution in [3.05, 3.63) is 0 Å². The van der Waals surface area contributed by atoms with Gasteiger partial charge in [-0.3, -0.25) is 10.1 Å². The second kappa shape index (κ2) is 8.11. The first-order valence-corrected chi connectivity index (χ1v) is 8.04. The van der Waals surface area contributed by atoms with Gasteiger partial charge in [-0.1, -0.05) is 6.92 Å². The number of rotatable bonds is 8. The van der Waals surface area contributed by atoms with Gasteiger partial charge in [-0.2, -0.15) is 0 Å². The Bertz CT molecular complexity index is 335. The van der Waals surface area contributed by atoms with Gasteiger partial charge in [0.1, 0.15) is 5.54 Å². The van der Waals surface area contributed by atoms with E-state index in [1.807, 2.05) is 13.8 Å². The Morgan fingerprint density at radius 2 is 2.19 bits per heavy atom. The van der Waals surface area contributed by atoms with Gasteiger partial charge in [-0.15, -0.1) is 0 Å². The molecule has 21 heavy (non-hydrogen) atoms. The van der Waals surface area contributed by atoms with Crippen molar-refractivity contribution in [3.8, 4) is 0 Å². The molecule has 0 saturated carbocycles. The number of piperidine rings is 1. The Hall–Kier alpha value is -0.650. The second-order valence-electron chi connectivity index (χ2n) is 6.88. The smallest absolute Gasteiger partial charge is 0.323 e. The Kier molecular flexibility index (Phi) is 7.10. The highest BCUT2D eigenvalue weighted by atomic mass is 16.5. The third kappa shape index (κ3) is 5.57. The highest BCUT2D eigenvalue weighted by Crippen LogP contribution is 2.21. The minimum absolute atomic E-state index is 0.166. The number of nitrogens with zero attached hydrogens (tertiary/aromatic N) is 1. The summed E-state index contributed by atoms with van der Waals surface area (Å²) in [5.41, 5.74) is -0.835. The summed E-state index contributed by atoms with van der Waals surface area (Å²) >= 11 is 0. The maximum atomic E-state index is 11.5. The van der Waals surface area contributed by atoms with Crippen LogP contribution in [-0.4, -0.2) is 60.4 Å². The van der Waals surface area contributed by atoms with Gasteiger partial charge in [0.05, 0.1) is 6.10 Å². The van der Waals surface area contributed by atoms with E-state index in [1.165, 1.54) is 0 Å². The fourth-order valence-corrected chi connectivity index (χ4v) is 3.14. The molecule has 0 aromatic rings. The van der Waals surface area contributed by atoms with Crippen molar-refractivity contribution in [2.24, 2.45) is 5.92 Å². The minimum Gasteiger partial charge on any atom is -0.480 e. The predicted octanol–water partition coefficient (Wildman–Crippen LogP) is 1.96. The number of likely N-dealkylation sites (tertiary alicyclic amines) is 1. The van der Waals surface area contributed by atoms with E-state index in [0.29, 0.717) is 18.4 Å². The van der Waals surface area contributed by atoms with Gasteiger partial charge < -0.3 is 14.7 Å². The molecule has 1 saturated heterocycles. The van der Waals surface area contributed by atoms with Crippen molar-refractivity contribution in [1.82, 2.24) is 10.2 Å². The minimum atomic E-state index is -0.835. The van der Waals surface area contributed by atoms with Crippen LogP contribution in [-0.2, 0) is 9.53 Å². The Balaban J connectivity index is 2.42. The van der Waals surface area contributed by atoms with Gasteiger partial charge in [0.15, 0.2) is 0 Å². The van der Waals surface area contributed by atoms with Crippen LogP contribution in [0, 0.1) is 5.92 Å². The largest absolute Gasteiger partial charge is 0.480 e. The molecular weight excluding hydrogens is 268 g/mol. The molecule has 5 nitrogen and oxygen atoms in total. The molecule has 2 N–H and O–H groups in total. The molecule has 0 aromatic carbocycles. The van der Waals surface area contributed by atoms with E-state index in [9.17, 15) is 9.90 Å². The number of methoxy groups -OCH3 is 1. The zero-order chi connectivity index (χ0) is 16.0. The van der Waals surface area contributed by atoms with Crippen LogP contribution in [0.4, 0.5) is 0 Å². The molecule has 0 aliphatic carbocycles. The first-order chi connectivity index (χ1) is 9.78. The summed E-state index contributed by atoms with van der Waals surface area (Å²) in [4.78, 5) is 13.9. The Morgan fingerprint density at radius 3 is 2.71 bits per heavy atom. The van der Waals surface area contributed by atoms with Gasteiger partial charge in [0.25, 0.3) is 0 Å². The van der Waals surface area contributed by atoms with Crippen molar-refractivity contribution in [2.75, 3.05) is 26.7 Å². The summed E-state index contributed by atoms with van der Waals surface area (Å²) < 4.78 is 5.52. The normalized spacial score (nSPS) is 26.8. The molecule has 1 heterocycles. The van der Waals surface area contributed by atoms with E-state index >= 15 is 0 Å². The number of hydrogen-bond acceptors (Lipinski definition) is 4. The van der Waals surface area contributed by atoms with E-state index in [4.69, 9.17) is 4.74 Å². The number of carbonyl (C=O) groups is 1. The van der Waals surface area contributed by atoms with Crippen LogP contribution in [0.15, 0.2) is 0 Å². The maximum absolute atomic E-state index is 11.5. The van der Waals surface area contributed by atoms with E-state index in [2.05, 4.69) is 17.1 Å². The molecule has 1 fully saturated rings. The van der Waals surface area contributed by atoms with Crippen molar-refractivity contribution in [3.63, 3.8) is 0 Å². The second-order valence-corrected chi connectivity index (χ2v) is 6.88. The lowest BCUT2D eigenvalue weighted by molar-refractivity contribution is -0.144. The molecule has 1 aliphatic rings. The number of ether oxygens (including phenoxy) is 1. The van der Waals surface area contributed by atoms with Crippen molar-refractivity contribution >= 4 is 5.97 Å². The van der Waals surface area contributed by atoms with Crippen LogP contribution >= 0.6 is 0 Å². The topological polar surface area (TPSA) is 61.8 Å². The van der Waals surface area contributed by atoms with Gasteiger partial charge in [-0.25, -0.2) is 0 Å². The fraction of sp³-hybridized carbons (Fsp3) is 0.938. The highest BCUT2D eigenvalue weighted by molar-refractivity contribution is 5.78. The van der Waals surface area contributed by atoms with Crippen LogP contribution in [0.25, 0.3) is 0 Å². The van der Waals surface area contributed by atoms with E-state index in [1.54, 1.807) is 14.0 Å². The molecular formula is C16H32N2O3. The van der Waals surface area contributed by atoms with Gasteiger partial charge in [0.2, 0.25) is 0 Å². The highest BCUT2D eigenvalue weighted by Gasteiger charge is 2.33. The molecule has 0 radical (unpaired) electrons. The van der Waals surface area contributed by atoms with Gasteiger partial charge in [-0.05, 0) is 59.0 Å². The summed E-state index contributed by atoms with van der Waals surface area (Å²) in [7, 11) is 1.78. The van der Waals surface area contributed by atoms with E-state index in [-0.39, 0.29) is 6.04 Å². The fourth-order valence-electron chi connectivity index (χ4n) is 3.14. The zero-order valence-corrected chi connectivity index (χ0v) is 14.2. The molecule has 1 rings (SSSR count). The first kappa shape index (κ1) is 18.4. The monoisotopic (exact) mass is 300 g/mol. The Morgan fingerprint density at radius 1 is 1.52 bits per heavy atom. The Labute approximate surface area is 129 Å². The first-order valence-electron chi connectivity index (χ1n) is 8.04. The summed E-state index contributed by atoms with van der Waals surface area (Å²) in [6.07, 6.45) is 2.98. The lowest BCUT2D eigenvalue weighted by Gasteiger charge is -2.37. The average Bonchev–Trinajstić information content (AvgIpc) is 2.39. The van der Waals surface area contributed by atoms with E-state index < -0.39 is 11.5 Å². The number of carboxylic acids is 1. The molecule has 0 bridgehead atoms. The van der Waals surface area contributed by atoms with Crippen LogP contribution < -0.4 is 5.32 Å². The summed E-state index contributed by atoms with van der Waals surface area (Å²) in [5, 5.41) is 12.6. The SMILES string of the molecule is COC1CN(CCCC(C)(NC(C)C)C(=O)O)CCC1C. The molecule has 3 unspecified atom stereocenters. The standard InChI is InChI=1S/C16H32N2O3/c1-12(2)17-16(4,15(19)20)8-6-9-18-10-7-13(3)14(11-18)21-5/h12-14,17H,6-11H2,1-5H3,(H,19,20). The molecule has 124 valence electrons. The molecule has 0 spiro atoms. The third-order valence-electron chi connectivity index (χ3n) is 4.51. The van der Waals surface area contributed by atoms with Crippen molar-refractivity contribution in [1.29, 1.82) is 0 Å². The summed E-state index contributed by atoms with van der Waals surface area (Å²) in [6.45, 7) is 11.0. The molecule has 5 heteroatoms. The molecule has 1 aliphatic heterocycles. The predicted molar refractivity (Wildman–Crippen MR) is 84.6 cm³/mol. The van der Waals surface area contributed by atoms with Crippen LogP contribution in [0.1, 0.15) is 47.0 Å². The average molecular weight is 300 g/mol.